The van der Waals surface area contributed by atoms with Gasteiger partial charge in [0.25, 0.3) is 0 Å². The van der Waals surface area contributed by atoms with Gasteiger partial charge in [0.1, 0.15) is 16.9 Å². The minimum atomic E-state index is -0.501. The van der Waals surface area contributed by atoms with Crippen LogP contribution in [0.4, 0.5) is 5.82 Å². The summed E-state index contributed by atoms with van der Waals surface area (Å²) in [5.41, 5.74) is 10.1. The van der Waals surface area contributed by atoms with Crippen LogP contribution in [0.5, 0.6) is 11.5 Å². The molecule has 0 amide bonds. The van der Waals surface area contributed by atoms with E-state index in [2.05, 4.69) is 4.98 Å². The Balaban J connectivity index is 1.78. The molecular formula is C23H24N4O4. The van der Waals surface area contributed by atoms with Crippen LogP contribution in [0, 0.1) is 0 Å². The van der Waals surface area contributed by atoms with Crippen molar-refractivity contribution < 1.29 is 19.0 Å². The van der Waals surface area contributed by atoms with Crippen molar-refractivity contribution in [3.63, 3.8) is 0 Å². The van der Waals surface area contributed by atoms with Crippen molar-refractivity contribution in [2.24, 2.45) is 0 Å². The van der Waals surface area contributed by atoms with Crippen molar-refractivity contribution in [3.05, 3.63) is 53.6 Å². The van der Waals surface area contributed by atoms with Crippen LogP contribution >= 0.6 is 0 Å². The summed E-state index contributed by atoms with van der Waals surface area (Å²) in [5, 5.41) is 0. The number of ether oxygens (including phenoxy) is 3. The van der Waals surface area contributed by atoms with E-state index in [1.807, 2.05) is 47.0 Å². The second-order valence-corrected chi connectivity index (χ2v) is 6.96. The Morgan fingerprint density at radius 1 is 1.03 bits per heavy atom. The molecule has 31 heavy (non-hydrogen) atoms. The van der Waals surface area contributed by atoms with Crippen molar-refractivity contribution in [2.75, 3.05) is 26.6 Å². The Morgan fingerprint density at radius 3 is 2.42 bits per heavy atom. The van der Waals surface area contributed by atoms with Gasteiger partial charge in [-0.25, -0.2) is 14.8 Å². The van der Waals surface area contributed by atoms with E-state index in [4.69, 9.17) is 24.9 Å². The maximum Gasteiger partial charge on any atom is 0.344 e. The number of aryl methyl sites for hydroxylation is 2. The van der Waals surface area contributed by atoms with Gasteiger partial charge in [-0.3, -0.25) is 0 Å². The molecule has 0 aliphatic heterocycles. The number of nitrogens with zero attached hydrogens (tertiary/aromatic N) is 3. The molecule has 8 nitrogen and oxygen atoms in total. The molecule has 2 aromatic heterocycles. The maximum atomic E-state index is 12.6. The Hall–Kier alpha value is -3.81. The van der Waals surface area contributed by atoms with E-state index in [1.165, 1.54) is 0 Å². The van der Waals surface area contributed by atoms with Crippen LogP contribution in [0.3, 0.4) is 0 Å². The summed E-state index contributed by atoms with van der Waals surface area (Å²) in [6.07, 6.45) is 0.644. The number of methoxy groups -OCH3 is 2. The van der Waals surface area contributed by atoms with E-state index in [-0.39, 0.29) is 12.2 Å². The second kappa shape index (κ2) is 8.51. The fourth-order valence-corrected chi connectivity index (χ4v) is 3.62. The number of carbonyl (C=O) groups is 1. The molecule has 0 radical (unpaired) electrons. The summed E-state index contributed by atoms with van der Waals surface area (Å²) in [5.74, 6) is 1.12. The normalized spacial score (nSPS) is 11.1. The maximum absolute atomic E-state index is 12.6. The predicted octanol–water partition coefficient (Wildman–Crippen LogP) is 3.60. The van der Waals surface area contributed by atoms with Crippen LogP contribution in [0.25, 0.3) is 22.2 Å². The number of fused-ring (bicyclic) bond motifs is 2. The molecule has 0 aliphatic carbocycles. The standard InChI is InChI=1S/C23H24N4O4/c1-4-31-23(28)19-20-22(26-16-8-6-5-7-15(16)25-20)27(21(19)24)12-11-14-9-10-17(29-2)18(13-14)30-3/h5-10,13H,4,11-12,24H2,1-3H3. The molecule has 0 saturated heterocycles. The fourth-order valence-electron chi connectivity index (χ4n) is 3.62. The fraction of sp³-hybridized carbons (Fsp3) is 0.261. The van der Waals surface area contributed by atoms with Gasteiger partial charge >= 0.3 is 5.97 Å². The Bertz CT molecular complexity index is 1270. The van der Waals surface area contributed by atoms with E-state index >= 15 is 0 Å². The summed E-state index contributed by atoms with van der Waals surface area (Å²) < 4.78 is 17.7. The van der Waals surface area contributed by atoms with Crippen LogP contribution in [0.15, 0.2) is 42.5 Å². The molecule has 0 spiro atoms. The topological polar surface area (TPSA) is 101 Å². The first-order valence-electron chi connectivity index (χ1n) is 9.99. The lowest BCUT2D eigenvalue weighted by Gasteiger charge is -2.11. The van der Waals surface area contributed by atoms with Crippen LogP contribution in [-0.4, -0.2) is 41.3 Å². The largest absolute Gasteiger partial charge is 0.493 e. The Kier molecular flexibility index (Phi) is 5.62. The van der Waals surface area contributed by atoms with Gasteiger partial charge in [0.15, 0.2) is 17.1 Å². The summed E-state index contributed by atoms with van der Waals surface area (Å²) in [7, 11) is 3.20. The van der Waals surface area contributed by atoms with Gasteiger partial charge in [-0.2, -0.15) is 0 Å². The van der Waals surface area contributed by atoms with Gasteiger partial charge in [-0.05, 0) is 43.2 Å². The van der Waals surface area contributed by atoms with Gasteiger partial charge in [-0.15, -0.1) is 0 Å². The highest BCUT2D eigenvalue weighted by molar-refractivity contribution is 6.08. The molecular weight excluding hydrogens is 396 g/mol. The smallest absolute Gasteiger partial charge is 0.344 e. The highest BCUT2D eigenvalue weighted by atomic mass is 16.5. The zero-order chi connectivity index (χ0) is 22.0. The number of para-hydroxylation sites is 2. The number of benzene rings is 2. The molecule has 2 heterocycles. The van der Waals surface area contributed by atoms with E-state index < -0.39 is 5.97 Å². The highest BCUT2D eigenvalue weighted by Gasteiger charge is 2.24. The third-order valence-electron chi connectivity index (χ3n) is 5.14. The first-order valence-corrected chi connectivity index (χ1v) is 9.99. The van der Waals surface area contributed by atoms with Crippen LogP contribution < -0.4 is 15.2 Å². The zero-order valence-electron chi connectivity index (χ0n) is 17.7. The minimum Gasteiger partial charge on any atom is -0.493 e. The van der Waals surface area contributed by atoms with Crippen LogP contribution in [0.1, 0.15) is 22.8 Å². The van der Waals surface area contributed by atoms with E-state index in [0.717, 1.165) is 11.1 Å². The van der Waals surface area contributed by atoms with Gasteiger partial charge < -0.3 is 24.5 Å². The molecule has 8 heteroatoms. The third kappa shape index (κ3) is 3.72. The van der Waals surface area contributed by atoms with E-state index in [0.29, 0.717) is 47.0 Å². The predicted molar refractivity (Wildman–Crippen MR) is 119 cm³/mol. The lowest BCUT2D eigenvalue weighted by atomic mass is 10.1. The van der Waals surface area contributed by atoms with Crippen molar-refractivity contribution in [1.29, 1.82) is 0 Å². The van der Waals surface area contributed by atoms with Gasteiger partial charge in [0.2, 0.25) is 0 Å². The van der Waals surface area contributed by atoms with Crippen molar-refractivity contribution >= 4 is 34.0 Å². The Labute approximate surface area is 179 Å². The molecule has 2 N–H and O–H groups in total. The molecule has 160 valence electrons. The second-order valence-electron chi connectivity index (χ2n) is 6.96. The molecule has 0 unspecified atom stereocenters. The monoisotopic (exact) mass is 420 g/mol. The number of nitrogen functional groups attached to an aromatic ring is 1. The minimum absolute atomic E-state index is 0.248. The van der Waals surface area contributed by atoms with E-state index in [9.17, 15) is 4.79 Å². The molecule has 0 saturated carbocycles. The number of hydrogen-bond donors (Lipinski definition) is 1. The van der Waals surface area contributed by atoms with Crippen LogP contribution in [-0.2, 0) is 17.7 Å². The SMILES string of the molecule is CCOC(=O)c1c(N)n(CCc2ccc(OC)c(OC)c2)c2nc3ccccc3nc12. The molecule has 4 aromatic rings. The number of carbonyl (C=O) groups excluding carboxylic acids is 1. The number of esters is 1. The summed E-state index contributed by atoms with van der Waals surface area (Å²) in [6.45, 7) is 2.51. The van der Waals surface area contributed by atoms with Gasteiger partial charge in [-0.1, -0.05) is 18.2 Å². The number of hydrogen-bond acceptors (Lipinski definition) is 7. The van der Waals surface area contributed by atoms with Crippen molar-refractivity contribution in [1.82, 2.24) is 14.5 Å². The average Bonchev–Trinajstić information content (AvgIpc) is 3.06. The third-order valence-corrected chi connectivity index (χ3v) is 5.14. The quantitative estimate of drug-likeness (QED) is 0.456. The average molecular weight is 420 g/mol. The van der Waals surface area contributed by atoms with Crippen LogP contribution in [0.2, 0.25) is 0 Å². The lowest BCUT2D eigenvalue weighted by Crippen LogP contribution is -2.10. The number of aromatic nitrogens is 3. The summed E-state index contributed by atoms with van der Waals surface area (Å²) >= 11 is 0. The number of anilines is 1. The molecule has 2 aromatic carbocycles. The molecule has 0 fully saturated rings. The molecule has 4 rings (SSSR count). The first-order chi connectivity index (χ1) is 15.1. The Morgan fingerprint density at radius 2 is 1.74 bits per heavy atom. The summed E-state index contributed by atoms with van der Waals surface area (Å²) in [6, 6.07) is 13.3. The van der Waals surface area contributed by atoms with Crippen molar-refractivity contribution in [2.45, 2.75) is 19.9 Å². The highest BCUT2D eigenvalue weighted by Crippen LogP contribution is 2.30. The van der Waals surface area contributed by atoms with Gasteiger partial charge in [0, 0.05) is 6.54 Å². The molecule has 0 aliphatic rings. The number of nitrogens with two attached hydrogens (primary N) is 1. The molecule has 0 atom stereocenters. The lowest BCUT2D eigenvalue weighted by molar-refractivity contribution is 0.0529. The van der Waals surface area contributed by atoms with E-state index in [1.54, 1.807) is 21.1 Å². The number of rotatable bonds is 7. The van der Waals surface area contributed by atoms with Crippen molar-refractivity contribution in [3.8, 4) is 11.5 Å². The molecule has 0 bridgehead atoms. The zero-order valence-corrected chi connectivity index (χ0v) is 17.7. The summed E-state index contributed by atoms with van der Waals surface area (Å²) in [4.78, 5) is 22.1. The van der Waals surface area contributed by atoms with Gasteiger partial charge in [0.05, 0.1) is 31.9 Å². The first kappa shape index (κ1) is 20.5.